The Morgan fingerprint density at radius 3 is 1.27 bits per heavy atom. The minimum Gasteiger partial charge on any atom is -0.369 e. The van der Waals surface area contributed by atoms with Crippen LogP contribution >= 0.6 is 11.6 Å². The van der Waals surface area contributed by atoms with E-state index in [2.05, 4.69) is 53.5 Å². The van der Waals surface area contributed by atoms with Gasteiger partial charge in [-0.15, -0.1) is 0 Å². The Kier molecular flexibility index (Phi) is 19.3. The maximum Gasteiger partial charge on any atom is 0.419 e. The molecule has 0 bridgehead atoms. The number of nitrogens with one attached hydrogen (secondary N) is 3. The van der Waals surface area contributed by atoms with Crippen molar-refractivity contribution in [3.63, 3.8) is 0 Å². The van der Waals surface area contributed by atoms with E-state index >= 15 is 0 Å². The molecule has 0 aliphatic carbocycles. The van der Waals surface area contributed by atoms with E-state index in [1.54, 1.807) is 20.8 Å². The maximum atomic E-state index is 13.9. The van der Waals surface area contributed by atoms with Gasteiger partial charge in [0.15, 0.2) is 17.1 Å². The number of piperidine rings is 3. The Morgan fingerprint density at radius 1 is 0.489 bits per heavy atom. The molecule has 0 unspecified atom stereocenters. The Bertz CT molecular complexity index is 3580. The number of rotatable bonds is 8. The fourth-order valence-corrected chi connectivity index (χ4v) is 13.5. The van der Waals surface area contributed by atoms with Gasteiger partial charge in [-0.2, -0.15) is 41.6 Å². The number of aromatic nitrogens is 6. The summed E-state index contributed by atoms with van der Waals surface area (Å²) in [6, 6.07) is 11.0. The van der Waals surface area contributed by atoms with Crippen molar-refractivity contribution in [2.75, 3.05) is 58.9 Å². The number of amides is 4. The number of hydrogen-bond donors (Lipinski definition) is 3. The first kappa shape index (κ1) is 64.9. The number of benzene rings is 3. The number of carbonyl (C=O) groups is 4. The zero-order valence-electron chi connectivity index (χ0n) is 50.1. The summed E-state index contributed by atoms with van der Waals surface area (Å²) in [5, 5.41) is 21.7. The third-order valence-corrected chi connectivity index (χ3v) is 18.6. The molecule has 6 aliphatic heterocycles. The highest BCUT2D eigenvalue weighted by molar-refractivity contribution is 6.31. The Balaban J connectivity index is 0.000000149. The SMILES string of the molecule is C=C(C)N1CCc2c(C(=O)N3CCC(c4cc(F)ccc4C(F)(F)F)CC3)n[nH]c2C1.C=C(C)N1CCc2c(C(=O)N3CCC(c4cccc(F)c4Cl)CC3)n[nH]c2C1.CC(=O)N1CCc2c(C(=O)N3CCC(c4cccc(F)c4C(F)(F)F)CC3)n[nH]c2C1. The summed E-state index contributed by atoms with van der Waals surface area (Å²) >= 11 is 6.14. The zero-order chi connectivity index (χ0) is 64.5. The Morgan fingerprint density at radius 2 is 0.867 bits per heavy atom. The number of nitrogens with zero attached hydrogens (tertiary/aromatic N) is 9. The lowest BCUT2D eigenvalue weighted by atomic mass is 9.86. The first-order valence-electron chi connectivity index (χ1n) is 30.1. The molecule has 26 heteroatoms. The van der Waals surface area contributed by atoms with Gasteiger partial charge in [0.05, 0.1) is 52.9 Å². The monoisotopic (exact) mass is 1280 g/mol. The highest BCUT2D eigenvalue weighted by Gasteiger charge is 2.41. The lowest BCUT2D eigenvalue weighted by molar-refractivity contribution is -0.141. The zero-order valence-corrected chi connectivity index (χ0v) is 50.9. The summed E-state index contributed by atoms with van der Waals surface area (Å²) in [6.07, 6.45) is -4.49. The highest BCUT2D eigenvalue weighted by Crippen LogP contribution is 2.43. The second-order valence-electron chi connectivity index (χ2n) is 23.9. The van der Waals surface area contributed by atoms with Gasteiger partial charge in [0.1, 0.15) is 17.5 Å². The van der Waals surface area contributed by atoms with Crippen molar-refractivity contribution >= 4 is 35.2 Å². The average molecular weight is 1280 g/mol. The average Bonchev–Trinajstić information content (AvgIpc) is 2.72. The summed E-state index contributed by atoms with van der Waals surface area (Å²) in [5.74, 6) is -3.66. The van der Waals surface area contributed by atoms with E-state index in [1.807, 2.05) is 24.8 Å². The molecule has 0 atom stereocenters. The molecular formula is C64H70ClF9N12O4. The predicted octanol–water partition coefficient (Wildman–Crippen LogP) is 12.1. The molecule has 3 N–H and O–H groups in total. The summed E-state index contributed by atoms with van der Waals surface area (Å²) in [5.41, 5.74) is 7.27. The quantitative estimate of drug-likeness (QED) is 0.125. The molecule has 0 spiro atoms. The molecule has 6 aromatic rings. The van der Waals surface area contributed by atoms with Crippen molar-refractivity contribution in [3.05, 3.63) is 180 Å². The number of halogens is 10. The second-order valence-corrected chi connectivity index (χ2v) is 24.2. The van der Waals surface area contributed by atoms with Gasteiger partial charge in [-0.05, 0) is 136 Å². The van der Waals surface area contributed by atoms with Crippen LogP contribution in [0.25, 0.3) is 0 Å². The molecule has 3 saturated heterocycles. The first-order chi connectivity index (χ1) is 42.8. The third kappa shape index (κ3) is 13.9. The number of fused-ring (bicyclic) bond motifs is 3. The van der Waals surface area contributed by atoms with Crippen LogP contribution in [0.5, 0.6) is 0 Å². The fourth-order valence-electron chi connectivity index (χ4n) is 13.2. The van der Waals surface area contributed by atoms with Crippen LogP contribution in [-0.4, -0.2) is 143 Å². The van der Waals surface area contributed by atoms with E-state index in [0.29, 0.717) is 108 Å². The van der Waals surface area contributed by atoms with Crippen molar-refractivity contribution in [2.24, 2.45) is 0 Å². The molecule has 12 rings (SSSR count). The van der Waals surface area contributed by atoms with E-state index in [1.165, 1.54) is 25.1 Å². The smallest absolute Gasteiger partial charge is 0.369 e. The maximum absolute atomic E-state index is 13.9. The number of aromatic amines is 3. The van der Waals surface area contributed by atoms with Crippen LogP contribution in [0, 0.1) is 17.5 Å². The molecule has 0 radical (unpaired) electrons. The van der Waals surface area contributed by atoms with Crippen LogP contribution in [0.3, 0.4) is 0 Å². The molecule has 3 aromatic heterocycles. The summed E-state index contributed by atoms with van der Waals surface area (Å²) in [4.78, 5) is 61.7. The van der Waals surface area contributed by atoms with Crippen molar-refractivity contribution in [1.29, 1.82) is 0 Å². The molecule has 9 heterocycles. The van der Waals surface area contributed by atoms with Gasteiger partial charge in [-0.25, -0.2) is 13.2 Å². The van der Waals surface area contributed by atoms with Gasteiger partial charge < -0.3 is 29.4 Å². The normalized spacial score (nSPS) is 17.6. The van der Waals surface area contributed by atoms with Crippen molar-refractivity contribution in [1.82, 2.24) is 60.0 Å². The molecule has 0 saturated carbocycles. The summed E-state index contributed by atoms with van der Waals surface area (Å²) < 4.78 is 121. The van der Waals surface area contributed by atoms with Gasteiger partial charge in [0.2, 0.25) is 5.91 Å². The Hall–Kier alpha value is -8.09. The van der Waals surface area contributed by atoms with Crippen molar-refractivity contribution in [2.45, 2.75) is 128 Å². The molecular weight excluding hydrogens is 1210 g/mol. The van der Waals surface area contributed by atoms with Crippen molar-refractivity contribution < 1.29 is 58.7 Å². The topological polar surface area (TPSA) is 174 Å². The molecule has 16 nitrogen and oxygen atoms in total. The molecule has 3 fully saturated rings. The van der Waals surface area contributed by atoms with Crippen LogP contribution in [0.2, 0.25) is 5.02 Å². The van der Waals surface area contributed by atoms with Crippen molar-refractivity contribution in [3.8, 4) is 0 Å². The highest BCUT2D eigenvalue weighted by atomic mass is 35.5. The number of likely N-dealkylation sites (tertiary alicyclic amines) is 3. The van der Waals surface area contributed by atoms with E-state index < -0.39 is 46.9 Å². The van der Waals surface area contributed by atoms with E-state index in [0.717, 1.165) is 107 Å². The lowest BCUT2D eigenvalue weighted by Crippen LogP contribution is -2.39. The van der Waals surface area contributed by atoms with E-state index in [-0.39, 0.29) is 64.6 Å². The lowest BCUT2D eigenvalue weighted by Gasteiger charge is -2.33. The third-order valence-electron chi connectivity index (χ3n) is 18.2. The fraction of sp³-hybridized carbons (Fsp3) is 0.453. The molecule has 90 heavy (non-hydrogen) atoms. The second kappa shape index (κ2) is 26.8. The number of hydrogen-bond acceptors (Lipinski definition) is 9. The van der Waals surface area contributed by atoms with Gasteiger partial charge >= 0.3 is 12.4 Å². The Labute approximate surface area is 519 Å². The molecule has 4 amide bonds. The van der Waals surface area contributed by atoms with Crippen LogP contribution in [0.1, 0.15) is 170 Å². The van der Waals surface area contributed by atoms with Gasteiger partial charge in [0.25, 0.3) is 17.7 Å². The van der Waals surface area contributed by atoms with Crippen LogP contribution < -0.4 is 0 Å². The van der Waals surface area contributed by atoms with Gasteiger partial charge in [-0.1, -0.05) is 49.0 Å². The number of carbonyl (C=O) groups excluding carboxylic acids is 4. The standard InChI is InChI=1S/C22H24F4N4O.C21H24ClFN4O.C21H22F4N4O2/c1-13(2)30-10-7-16-19(12-30)27-28-20(16)21(31)29-8-5-14(6-9-29)17-11-15(23)3-4-18(17)22(24,25)26;1-13(2)27-11-8-16-18(12-27)24-25-20(16)21(28)26-9-6-14(7-10-26)15-4-3-5-17(23)19(15)22;1-12(30)29-10-7-15-17(11-29)26-27-19(15)20(31)28-8-5-13(6-9-28)14-3-2-4-16(22)18(14)21(23,24)25/h3-4,11,14H,1,5-10,12H2,2H3,(H,27,28);3-5,14H,1,6-12H2,2H3,(H,24,25);2-4,13H,5-11H2,1H3,(H,26,27). The first-order valence-corrected chi connectivity index (χ1v) is 30.4. The van der Waals surface area contributed by atoms with E-state index in [4.69, 9.17) is 11.6 Å². The number of allylic oxidation sites excluding steroid dienone is 2. The van der Waals surface area contributed by atoms with Gasteiger partial charge in [-0.3, -0.25) is 34.5 Å². The van der Waals surface area contributed by atoms with Crippen LogP contribution in [0.4, 0.5) is 39.5 Å². The largest absolute Gasteiger partial charge is 0.419 e. The van der Waals surface area contributed by atoms with Crippen LogP contribution in [0.15, 0.2) is 79.1 Å². The summed E-state index contributed by atoms with van der Waals surface area (Å²) in [6.45, 7) is 19.5. The molecule has 3 aromatic carbocycles. The minimum atomic E-state index is -4.77. The van der Waals surface area contributed by atoms with E-state index in [9.17, 15) is 58.7 Å². The number of alkyl halides is 6. The summed E-state index contributed by atoms with van der Waals surface area (Å²) in [7, 11) is 0. The number of H-pyrrole nitrogens is 3. The predicted molar refractivity (Wildman–Crippen MR) is 316 cm³/mol. The van der Waals surface area contributed by atoms with Gasteiger partial charge in [0, 0.05) is 93.9 Å². The molecule has 6 aliphatic rings. The molecule has 480 valence electrons. The minimum absolute atomic E-state index is 0.0231. The van der Waals surface area contributed by atoms with Crippen LogP contribution in [-0.2, 0) is 56.0 Å².